The second kappa shape index (κ2) is 11.3. The third-order valence-corrected chi connectivity index (χ3v) is 9.33. The highest BCUT2D eigenvalue weighted by Gasteiger charge is 2.53. The Labute approximate surface area is 226 Å². The van der Waals surface area contributed by atoms with Gasteiger partial charge in [-0.15, -0.1) is 0 Å². The second-order valence-corrected chi connectivity index (χ2v) is 11.6. The van der Waals surface area contributed by atoms with Crippen LogP contribution in [0.15, 0.2) is 24.3 Å². The van der Waals surface area contributed by atoms with Crippen LogP contribution in [0.2, 0.25) is 0 Å². The number of cyclic esters (lactones) is 1. The van der Waals surface area contributed by atoms with Crippen molar-refractivity contribution < 1.29 is 51.9 Å². The number of hydrogen-bond acceptors (Lipinski definition) is 11. The lowest BCUT2D eigenvalue weighted by Crippen LogP contribution is -2.36. The molecule has 1 saturated heterocycles. The molecule has 2 heterocycles. The predicted molar refractivity (Wildman–Crippen MR) is 138 cm³/mol. The van der Waals surface area contributed by atoms with Crippen LogP contribution in [-0.4, -0.2) is 64.7 Å². The third kappa shape index (κ3) is 5.04. The molecule has 3 aliphatic rings. The van der Waals surface area contributed by atoms with Gasteiger partial charge in [-0.25, -0.2) is 0 Å². The fourth-order valence-electron chi connectivity index (χ4n) is 5.67. The van der Waals surface area contributed by atoms with Gasteiger partial charge in [0.2, 0.25) is 12.5 Å². The molecule has 0 spiro atoms. The van der Waals surface area contributed by atoms with E-state index in [9.17, 15) is 14.5 Å². The van der Waals surface area contributed by atoms with E-state index in [1.165, 1.54) is 14.2 Å². The summed E-state index contributed by atoms with van der Waals surface area (Å²) in [5.41, 5.74) is 2.29. The van der Waals surface area contributed by atoms with Crippen LogP contribution in [0.3, 0.4) is 0 Å². The number of carbonyl (C=O) groups is 1. The van der Waals surface area contributed by atoms with Gasteiger partial charge < -0.3 is 42.6 Å². The van der Waals surface area contributed by atoms with Crippen molar-refractivity contribution in [2.75, 3.05) is 53.6 Å². The maximum Gasteiger partial charge on any atom is 0.332 e. The number of benzene rings is 2. The van der Waals surface area contributed by atoms with Crippen molar-refractivity contribution in [2.45, 2.75) is 25.9 Å². The number of carbonyl (C=O) groups excluding carboxylic acids is 1. The van der Waals surface area contributed by atoms with Crippen LogP contribution >= 0.6 is 7.60 Å². The lowest BCUT2D eigenvalue weighted by atomic mass is 9.66. The Balaban J connectivity index is 1.58. The smallest absolute Gasteiger partial charge is 0.332 e. The predicted octanol–water partition coefficient (Wildman–Crippen LogP) is 4.40. The molecular weight excluding hydrogens is 531 g/mol. The largest absolute Gasteiger partial charge is 0.502 e. The summed E-state index contributed by atoms with van der Waals surface area (Å²) in [6.45, 7) is 4.33. The molecule has 1 N–H and O–H groups in total. The molecule has 5 rings (SSSR count). The second-order valence-electron chi connectivity index (χ2n) is 9.37. The van der Waals surface area contributed by atoms with Gasteiger partial charge in [-0.3, -0.25) is 9.36 Å². The van der Waals surface area contributed by atoms with Crippen molar-refractivity contribution in [1.82, 2.24) is 0 Å². The first-order valence-corrected chi connectivity index (χ1v) is 14.6. The minimum Gasteiger partial charge on any atom is -0.502 e. The lowest BCUT2D eigenvalue weighted by Gasteiger charge is -2.39. The molecule has 0 saturated carbocycles. The van der Waals surface area contributed by atoms with E-state index in [4.69, 9.17) is 37.5 Å². The fraction of sp³-hybridized carbons (Fsp3) is 0.519. The average molecular weight is 565 g/mol. The number of phenols is 1. The zero-order chi connectivity index (χ0) is 27.7. The zero-order valence-corrected chi connectivity index (χ0v) is 23.2. The van der Waals surface area contributed by atoms with Crippen molar-refractivity contribution in [3.63, 3.8) is 0 Å². The molecule has 2 aromatic carbocycles. The molecule has 0 amide bonds. The Morgan fingerprint density at radius 3 is 2.15 bits per heavy atom. The van der Waals surface area contributed by atoms with Crippen LogP contribution in [-0.2, 0) is 27.9 Å². The number of hydrogen-bond donors (Lipinski definition) is 1. The van der Waals surface area contributed by atoms with Crippen LogP contribution in [0.5, 0.6) is 28.7 Å². The Morgan fingerprint density at radius 1 is 0.949 bits per heavy atom. The molecule has 0 aromatic heterocycles. The minimum absolute atomic E-state index is 0.0625. The van der Waals surface area contributed by atoms with Gasteiger partial charge in [0.25, 0.3) is 0 Å². The first-order chi connectivity index (χ1) is 18.8. The highest BCUT2D eigenvalue weighted by atomic mass is 31.2. The van der Waals surface area contributed by atoms with Gasteiger partial charge in [-0.05, 0) is 54.8 Å². The van der Waals surface area contributed by atoms with E-state index in [1.54, 1.807) is 26.0 Å². The van der Waals surface area contributed by atoms with Gasteiger partial charge in [-0.1, -0.05) is 0 Å². The molecular formula is C27H33O11P. The summed E-state index contributed by atoms with van der Waals surface area (Å²) in [5, 5.41) is 10.5. The molecule has 12 heteroatoms. The van der Waals surface area contributed by atoms with E-state index in [0.29, 0.717) is 17.1 Å². The van der Waals surface area contributed by atoms with Crippen LogP contribution in [0.4, 0.5) is 0 Å². The Bertz CT molecular complexity index is 1240. The molecule has 212 valence electrons. The van der Waals surface area contributed by atoms with E-state index in [-0.39, 0.29) is 68.5 Å². The molecule has 2 aromatic rings. The molecule has 39 heavy (non-hydrogen) atoms. The van der Waals surface area contributed by atoms with Crippen LogP contribution in [0.1, 0.15) is 42.6 Å². The molecule has 2 aliphatic heterocycles. The van der Waals surface area contributed by atoms with E-state index in [1.807, 2.05) is 12.1 Å². The standard InChI is InChI=1S/C27H33O11P/c1-5-37-39(30,38-6-2)8-7-33-26-17-12-20-19(35-14-36-20)11-16(17)23(24-18(26)13-34-27(24)29)15-9-21(31-3)25(28)22(10-15)32-4/h9-12,18,23-24,26,28H,5-8,13-14H2,1-4H3/t18-,23+,24-,26+/m0/s1. The fourth-order valence-corrected chi connectivity index (χ4v) is 7.12. The van der Waals surface area contributed by atoms with Crippen molar-refractivity contribution in [1.29, 1.82) is 0 Å². The summed E-state index contributed by atoms with van der Waals surface area (Å²) >= 11 is 0. The molecule has 4 atom stereocenters. The van der Waals surface area contributed by atoms with Crippen molar-refractivity contribution in [2.24, 2.45) is 11.8 Å². The van der Waals surface area contributed by atoms with Gasteiger partial charge in [0.1, 0.15) is 0 Å². The molecule has 11 nitrogen and oxygen atoms in total. The summed E-state index contributed by atoms with van der Waals surface area (Å²) in [5.74, 6) is -0.362. The monoisotopic (exact) mass is 564 g/mol. The van der Waals surface area contributed by atoms with Crippen LogP contribution in [0, 0.1) is 11.8 Å². The number of esters is 1. The van der Waals surface area contributed by atoms with Crippen LogP contribution < -0.4 is 18.9 Å². The molecule has 0 bridgehead atoms. The quantitative estimate of drug-likeness (QED) is 0.308. The molecule has 0 radical (unpaired) electrons. The number of phenolic OH excluding ortho intramolecular Hbond substituents is 1. The maximum absolute atomic E-state index is 13.2. The summed E-state index contributed by atoms with van der Waals surface area (Å²) in [4.78, 5) is 13.2. The minimum atomic E-state index is -3.33. The zero-order valence-electron chi connectivity index (χ0n) is 22.3. The lowest BCUT2D eigenvalue weighted by molar-refractivity contribution is -0.141. The van der Waals surface area contributed by atoms with E-state index < -0.39 is 25.5 Å². The highest BCUT2D eigenvalue weighted by molar-refractivity contribution is 7.53. The molecule has 0 unspecified atom stereocenters. The van der Waals surface area contributed by atoms with Gasteiger partial charge in [-0.2, -0.15) is 0 Å². The number of aromatic hydroxyl groups is 1. The number of methoxy groups -OCH3 is 2. The highest BCUT2D eigenvalue weighted by Crippen LogP contribution is 2.57. The number of rotatable bonds is 11. The SMILES string of the molecule is CCOP(=O)(CCO[C@@H]1c2cc3c(cc2[C@@H](c2cc(OC)c(O)c(OC)c2)[C@H]2C(=O)OC[C@@H]21)OCO3)OCC. The normalized spacial score (nSPS) is 23.2. The Morgan fingerprint density at radius 2 is 1.56 bits per heavy atom. The van der Waals surface area contributed by atoms with Crippen molar-refractivity contribution in [3.05, 3.63) is 41.0 Å². The van der Waals surface area contributed by atoms with Gasteiger partial charge in [0.15, 0.2) is 23.0 Å². The first kappa shape index (κ1) is 27.6. The average Bonchev–Trinajstić information content (AvgIpc) is 3.54. The Kier molecular flexibility index (Phi) is 7.96. The summed E-state index contributed by atoms with van der Waals surface area (Å²) in [7, 11) is -0.428. The summed E-state index contributed by atoms with van der Waals surface area (Å²) in [6.07, 6.45) is -0.493. The van der Waals surface area contributed by atoms with Crippen molar-refractivity contribution >= 4 is 13.6 Å². The number of ether oxygens (including phenoxy) is 6. The summed E-state index contributed by atoms with van der Waals surface area (Å²) in [6, 6.07) is 7.12. The first-order valence-electron chi connectivity index (χ1n) is 12.9. The van der Waals surface area contributed by atoms with E-state index >= 15 is 0 Å². The van der Waals surface area contributed by atoms with Gasteiger partial charge in [0.05, 0.1) is 58.8 Å². The number of fused-ring (bicyclic) bond motifs is 3. The maximum atomic E-state index is 13.2. The molecule has 1 fully saturated rings. The van der Waals surface area contributed by atoms with E-state index in [0.717, 1.165) is 11.1 Å². The topological polar surface area (TPSA) is 128 Å². The van der Waals surface area contributed by atoms with E-state index in [2.05, 4.69) is 0 Å². The van der Waals surface area contributed by atoms with Crippen LogP contribution in [0.25, 0.3) is 0 Å². The van der Waals surface area contributed by atoms with Gasteiger partial charge in [0, 0.05) is 11.8 Å². The van der Waals surface area contributed by atoms with Crippen molar-refractivity contribution in [3.8, 4) is 28.7 Å². The summed E-state index contributed by atoms with van der Waals surface area (Å²) < 4.78 is 57.9. The molecule has 1 aliphatic carbocycles. The Hall–Kier alpha value is -2.98. The van der Waals surface area contributed by atoms with Gasteiger partial charge >= 0.3 is 13.6 Å². The third-order valence-electron chi connectivity index (χ3n) is 7.29.